The molecule has 0 aliphatic heterocycles. The minimum atomic E-state index is -0.953. The van der Waals surface area contributed by atoms with E-state index in [1.807, 2.05) is 47.9 Å². The highest BCUT2D eigenvalue weighted by Crippen LogP contribution is 2.27. The number of benzene rings is 2. The summed E-state index contributed by atoms with van der Waals surface area (Å²) >= 11 is 0. The highest BCUT2D eigenvalue weighted by atomic mass is 16.5. The molecule has 2 aromatic carbocycles. The summed E-state index contributed by atoms with van der Waals surface area (Å²) in [4.78, 5) is 14.0. The normalized spacial score (nSPS) is 12.5. The van der Waals surface area contributed by atoms with Gasteiger partial charge < -0.3 is 30.8 Å². The van der Waals surface area contributed by atoms with Crippen LogP contribution >= 0.6 is 0 Å². The Hall–Kier alpha value is -3.85. The van der Waals surface area contributed by atoms with Crippen molar-refractivity contribution in [3.63, 3.8) is 0 Å². The quantitative estimate of drug-likeness (QED) is 0.279. The minimum Gasteiger partial charge on any atom is -0.495 e. The molecule has 4 rings (SSSR count). The van der Waals surface area contributed by atoms with Crippen LogP contribution in [0.5, 0.6) is 5.75 Å². The third-order valence-electron chi connectivity index (χ3n) is 5.89. The molecule has 0 saturated heterocycles. The van der Waals surface area contributed by atoms with Gasteiger partial charge >= 0.3 is 0 Å². The number of aliphatic hydroxyl groups is 1. The predicted octanol–water partition coefficient (Wildman–Crippen LogP) is 3.65. The molecule has 0 bridgehead atoms. The highest BCUT2D eigenvalue weighted by Gasteiger charge is 2.24. The van der Waals surface area contributed by atoms with Gasteiger partial charge in [-0.2, -0.15) is 9.97 Å². The summed E-state index contributed by atoms with van der Waals surface area (Å²) in [6, 6.07) is 15.5. The van der Waals surface area contributed by atoms with Crippen molar-refractivity contribution in [1.82, 2.24) is 19.5 Å². The Morgan fingerprint density at radius 1 is 1.12 bits per heavy atom. The highest BCUT2D eigenvalue weighted by molar-refractivity contribution is 5.84. The molecule has 9 nitrogen and oxygen atoms in total. The zero-order chi connectivity index (χ0) is 24.3. The molecular weight excluding hydrogens is 430 g/mol. The molecule has 178 valence electrons. The molecule has 0 fully saturated rings. The Balaban J connectivity index is 1.70. The van der Waals surface area contributed by atoms with Crippen LogP contribution in [0.4, 0.5) is 17.5 Å². The average molecular weight is 462 g/mol. The van der Waals surface area contributed by atoms with E-state index in [0.29, 0.717) is 47.5 Å². The average Bonchev–Trinajstić information content (AvgIpc) is 3.21. The standard InChI is InChI=1S/C25H31N7O2/c1-16(25(2,3)33)29-24-30-22(27-13-18-11-8-12-19(34-4)20(18)26)21-23(31-24)32(15-28-21)14-17-9-6-5-7-10-17/h5-12,15-16,33H,13-14,26H2,1-4H3,(H2,27,29,30,31). The number of anilines is 3. The van der Waals surface area contributed by atoms with Gasteiger partial charge in [0.05, 0.1) is 37.3 Å². The maximum atomic E-state index is 10.4. The van der Waals surface area contributed by atoms with E-state index in [1.165, 1.54) is 0 Å². The second-order valence-corrected chi connectivity index (χ2v) is 8.83. The lowest BCUT2D eigenvalue weighted by Crippen LogP contribution is -2.39. The lowest BCUT2D eigenvalue weighted by molar-refractivity contribution is 0.0646. The number of hydrogen-bond donors (Lipinski definition) is 4. The van der Waals surface area contributed by atoms with Crippen molar-refractivity contribution in [1.29, 1.82) is 0 Å². The van der Waals surface area contributed by atoms with Crippen molar-refractivity contribution < 1.29 is 9.84 Å². The number of aromatic nitrogens is 4. The largest absolute Gasteiger partial charge is 0.495 e. The van der Waals surface area contributed by atoms with Gasteiger partial charge in [0.2, 0.25) is 5.95 Å². The zero-order valence-corrected chi connectivity index (χ0v) is 19.9. The molecule has 0 saturated carbocycles. The van der Waals surface area contributed by atoms with Crippen molar-refractivity contribution in [2.45, 2.75) is 45.5 Å². The molecule has 0 radical (unpaired) electrons. The molecule has 2 heterocycles. The van der Waals surface area contributed by atoms with Crippen LogP contribution in [-0.4, -0.2) is 43.4 Å². The summed E-state index contributed by atoms with van der Waals surface area (Å²) in [6.45, 7) is 6.43. The van der Waals surface area contributed by atoms with Crippen molar-refractivity contribution in [2.75, 3.05) is 23.5 Å². The Bertz CT molecular complexity index is 1270. The van der Waals surface area contributed by atoms with Crippen molar-refractivity contribution in [3.8, 4) is 5.75 Å². The summed E-state index contributed by atoms with van der Waals surface area (Å²) in [5, 5.41) is 17.0. The number of rotatable bonds is 9. The lowest BCUT2D eigenvalue weighted by Gasteiger charge is -2.26. The third-order valence-corrected chi connectivity index (χ3v) is 5.89. The van der Waals surface area contributed by atoms with E-state index >= 15 is 0 Å². The third kappa shape index (κ3) is 5.04. The molecule has 4 aromatic rings. The maximum Gasteiger partial charge on any atom is 0.227 e. The van der Waals surface area contributed by atoms with Gasteiger partial charge in [0.15, 0.2) is 17.0 Å². The van der Waals surface area contributed by atoms with Crippen LogP contribution in [-0.2, 0) is 13.1 Å². The smallest absolute Gasteiger partial charge is 0.227 e. The van der Waals surface area contributed by atoms with E-state index in [-0.39, 0.29) is 6.04 Å². The predicted molar refractivity (Wildman–Crippen MR) is 135 cm³/mol. The van der Waals surface area contributed by atoms with Gasteiger partial charge in [-0.25, -0.2) is 4.98 Å². The zero-order valence-electron chi connectivity index (χ0n) is 19.9. The molecule has 0 amide bonds. The number of ether oxygens (including phenoxy) is 1. The number of imidazole rings is 1. The van der Waals surface area contributed by atoms with Crippen LogP contribution in [0.3, 0.4) is 0 Å². The molecule has 1 atom stereocenters. The molecule has 9 heteroatoms. The molecule has 0 spiro atoms. The van der Waals surface area contributed by atoms with Gasteiger partial charge in [-0.05, 0) is 38.0 Å². The van der Waals surface area contributed by atoms with Crippen LogP contribution in [0.25, 0.3) is 11.2 Å². The van der Waals surface area contributed by atoms with E-state index in [9.17, 15) is 5.11 Å². The Kier molecular flexibility index (Phi) is 6.56. The number of nitrogens with zero attached hydrogens (tertiary/aromatic N) is 4. The fraction of sp³-hybridized carbons (Fsp3) is 0.320. The topological polar surface area (TPSA) is 123 Å². The van der Waals surface area contributed by atoms with E-state index in [0.717, 1.165) is 11.1 Å². The molecule has 34 heavy (non-hydrogen) atoms. The van der Waals surface area contributed by atoms with E-state index < -0.39 is 5.60 Å². The van der Waals surface area contributed by atoms with Gasteiger partial charge in [0.1, 0.15) is 5.75 Å². The number of para-hydroxylation sites is 1. The molecule has 1 unspecified atom stereocenters. The summed E-state index contributed by atoms with van der Waals surface area (Å²) in [5.41, 5.74) is 9.23. The molecule has 5 N–H and O–H groups in total. The number of hydrogen-bond acceptors (Lipinski definition) is 8. The fourth-order valence-electron chi connectivity index (χ4n) is 3.50. The first-order chi connectivity index (χ1) is 16.3. The number of fused-ring (bicyclic) bond motifs is 1. The molecule has 0 aliphatic rings. The summed E-state index contributed by atoms with van der Waals surface area (Å²) in [6.07, 6.45) is 1.76. The first-order valence-corrected chi connectivity index (χ1v) is 11.2. The van der Waals surface area contributed by atoms with Gasteiger partial charge in [0, 0.05) is 6.54 Å². The van der Waals surface area contributed by atoms with Crippen LogP contribution < -0.4 is 21.1 Å². The second kappa shape index (κ2) is 9.56. The van der Waals surface area contributed by atoms with Gasteiger partial charge in [-0.15, -0.1) is 0 Å². The summed E-state index contributed by atoms with van der Waals surface area (Å²) in [5.74, 6) is 1.60. The number of nitrogen functional groups attached to an aromatic ring is 1. The Morgan fingerprint density at radius 2 is 1.88 bits per heavy atom. The number of nitrogens with two attached hydrogens (primary N) is 1. The van der Waals surface area contributed by atoms with Crippen molar-refractivity contribution >= 4 is 28.6 Å². The second-order valence-electron chi connectivity index (χ2n) is 8.83. The summed E-state index contributed by atoms with van der Waals surface area (Å²) < 4.78 is 7.32. The number of methoxy groups -OCH3 is 1. The molecule has 2 aromatic heterocycles. The van der Waals surface area contributed by atoms with Crippen molar-refractivity contribution in [3.05, 3.63) is 66.0 Å². The van der Waals surface area contributed by atoms with Gasteiger partial charge in [-0.3, -0.25) is 0 Å². The maximum absolute atomic E-state index is 10.4. The van der Waals surface area contributed by atoms with E-state index in [2.05, 4.69) is 32.7 Å². The van der Waals surface area contributed by atoms with E-state index in [4.69, 9.17) is 15.5 Å². The lowest BCUT2D eigenvalue weighted by atomic mass is 10.0. The van der Waals surface area contributed by atoms with Gasteiger partial charge in [-0.1, -0.05) is 42.5 Å². The van der Waals surface area contributed by atoms with Crippen LogP contribution in [0, 0.1) is 0 Å². The van der Waals surface area contributed by atoms with E-state index in [1.54, 1.807) is 27.3 Å². The first kappa shape index (κ1) is 23.3. The molecular formula is C25H31N7O2. The van der Waals surface area contributed by atoms with Crippen LogP contribution in [0.1, 0.15) is 31.9 Å². The first-order valence-electron chi connectivity index (χ1n) is 11.2. The minimum absolute atomic E-state index is 0.280. The monoisotopic (exact) mass is 461 g/mol. The SMILES string of the molecule is COc1cccc(CNc2nc(NC(C)C(C)(C)O)nc3c2ncn3Cc2ccccc2)c1N. The van der Waals surface area contributed by atoms with Crippen LogP contribution in [0.2, 0.25) is 0 Å². The van der Waals surface area contributed by atoms with Crippen LogP contribution in [0.15, 0.2) is 54.9 Å². The Morgan fingerprint density at radius 3 is 2.59 bits per heavy atom. The number of nitrogens with one attached hydrogen (secondary N) is 2. The Labute approximate surface area is 199 Å². The summed E-state index contributed by atoms with van der Waals surface area (Å²) in [7, 11) is 1.60. The fourth-order valence-corrected chi connectivity index (χ4v) is 3.50. The molecule has 0 aliphatic carbocycles. The van der Waals surface area contributed by atoms with Crippen molar-refractivity contribution in [2.24, 2.45) is 0 Å². The van der Waals surface area contributed by atoms with Gasteiger partial charge in [0.25, 0.3) is 0 Å².